The summed E-state index contributed by atoms with van der Waals surface area (Å²) >= 11 is 0.149. The maximum absolute atomic E-state index is 9.84. The number of hydrogen-bond acceptors (Lipinski definition) is 2. The predicted molar refractivity (Wildman–Crippen MR) is 139 cm³/mol. The first-order chi connectivity index (χ1) is 16.3. The van der Waals surface area contributed by atoms with Gasteiger partial charge in [0.25, 0.3) is 0 Å². The second-order valence-electron chi connectivity index (χ2n) is 6.87. The van der Waals surface area contributed by atoms with Crippen molar-refractivity contribution in [1.82, 2.24) is 0 Å². The van der Waals surface area contributed by atoms with Gasteiger partial charge in [0.2, 0.25) is 0 Å². The molecule has 0 unspecified atom stereocenters. The first-order valence-electron chi connectivity index (χ1n) is 11.5. The molecule has 4 fully saturated rings. The fraction of sp³-hybridized carbons (Fsp3) is 0.267. The monoisotopic (exact) mass is 660 g/mol. The van der Waals surface area contributed by atoms with Crippen LogP contribution in [0.5, 0.6) is 0 Å². The van der Waals surface area contributed by atoms with Gasteiger partial charge in [-0.1, -0.05) is 25.7 Å². The third kappa shape index (κ3) is 31.3. The Morgan fingerprint density at radius 3 is 1.09 bits per heavy atom. The molecule has 0 heterocycles. The van der Waals surface area contributed by atoms with Crippen LogP contribution in [0.3, 0.4) is 0 Å². The molecule has 184 valence electrons. The van der Waals surface area contributed by atoms with Crippen LogP contribution in [0, 0.1) is 127 Å². The SMILES string of the molecule is CCC[CH2][Sn+2][CH2]CCC.O=C[C]1[C-][CH][CH][CH]1.O=C[C]1[C-][CH][CH][CH]1.[CH]1[CH][CH][CH][CH]1.[CH]1[CH][CH][CH][CH]1.[Fe+2].[Fe+2]. The van der Waals surface area contributed by atoms with E-state index < -0.39 is 0 Å². The normalized spacial score (nSPS) is 18.3. The van der Waals surface area contributed by atoms with Crippen LogP contribution in [0.15, 0.2) is 0 Å². The Balaban J connectivity index is -0.000000365. The van der Waals surface area contributed by atoms with Crippen LogP contribution < -0.4 is 0 Å². The minimum atomic E-state index is 0. The molecule has 0 aromatic rings. The van der Waals surface area contributed by atoms with Crippen LogP contribution in [-0.2, 0) is 43.7 Å². The van der Waals surface area contributed by atoms with E-state index in [1.807, 2.05) is 64.2 Å². The summed E-state index contributed by atoms with van der Waals surface area (Å²) in [4.78, 5) is 19.7. The summed E-state index contributed by atoms with van der Waals surface area (Å²) in [6.45, 7) is 4.58. The molecule has 0 aromatic carbocycles. The Labute approximate surface area is 251 Å². The molecule has 0 aliphatic heterocycles. The molecule has 4 aliphatic rings. The molecule has 0 aromatic heterocycles. The Morgan fingerprint density at radius 1 is 0.600 bits per heavy atom. The van der Waals surface area contributed by atoms with Crippen LogP contribution in [0.25, 0.3) is 0 Å². The summed E-state index contributed by atoms with van der Waals surface area (Å²) in [6, 6.07) is 0. The van der Waals surface area contributed by atoms with Crippen molar-refractivity contribution in [1.29, 1.82) is 0 Å². The van der Waals surface area contributed by atoms with Gasteiger partial charge < -0.3 is 22.4 Å². The fourth-order valence-electron chi connectivity index (χ4n) is 2.21. The van der Waals surface area contributed by atoms with E-state index in [2.05, 4.69) is 26.7 Å². The molecule has 0 N–H and O–H groups in total. The van der Waals surface area contributed by atoms with E-state index in [9.17, 15) is 9.59 Å². The van der Waals surface area contributed by atoms with Crippen LogP contribution in [0.2, 0.25) is 8.87 Å². The van der Waals surface area contributed by atoms with Crippen molar-refractivity contribution in [3.05, 3.63) is 127 Å². The van der Waals surface area contributed by atoms with E-state index in [1.54, 1.807) is 47.4 Å². The molecule has 4 saturated carbocycles. The smallest absolute Gasteiger partial charge is 0.463 e. The number of carbonyl (C=O) groups is 2. The fourth-order valence-corrected chi connectivity index (χ4v) is 6.36. The van der Waals surface area contributed by atoms with E-state index in [1.165, 1.54) is 25.7 Å². The van der Waals surface area contributed by atoms with Gasteiger partial charge in [-0.3, -0.25) is 0 Å². The Hall–Kier alpha value is 1.18. The number of hydrogen-bond donors (Lipinski definition) is 0. The van der Waals surface area contributed by atoms with Crippen molar-refractivity contribution >= 4 is 33.7 Å². The minimum Gasteiger partial charge on any atom is -0.463 e. The summed E-state index contributed by atoms with van der Waals surface area (Å²) < 4.78 is 3.25. The van der Waals surface area contributed by atoms with E-state index in [4.69, 9.17) is 0 Å². The zero-order chi connectivity index (χ0) is 24.2. The summed E-state index contributed by atoms with van der Waals surface area (Å²) in [7, 11) is 0. The summed E-state index contributed by atoms with van der Waals surface area (Å²) in [5.74, 6) is 1.25. The summed E-state index contributed by atoms with van der Waals surface area (Å²) in [6.07, 6.45) is 43.2. The minimum absolute atomic E-state index is 0. The standard InChI is InChI=1S/2C6H4O.2C5H5.2C4H9.2Fe.Sn/c2*7-5-6-3-1-2-4-6;2*1-2-4-5-3-1;2*1-3-4-2;;;/h2*1-3,5H;2*1-5H;2*1,3-4H2,2H3;;;/q2*-1;;;;;3*+2. The van der Waals surface area contributed by atoms with Crippen molar-refractivity contribution in [2.45, 2.75) is 48.4 Å². The number of rotatable bonds is 8. The van der Waals surface area contributed by atoms with Gasteiger partial charge in [0, 0.05) is 0 Å². The zero-order valence-corrected chi connectivity index (χ0v) is 25.7. The van der Waals surface area contributed by atoms with Crippen molar-refractivity contribution in [2.75, 3.05) is 0 Å². The zero-order valence-electron chi connectivity index (χ0n) is 20.7. The molecular weight excluding hydrogens is 623 g/mol. The molecule has 35 heavy (non-hydrogen) atoms. The third-order valence-electron chi connectivity index (χ3n) is 4.02. The summed E-state index contributed by atoms with van der Waals surface area (Å²) in [5, 5.41) is 0. The molecule has 0 spiro atoms. The topological polar surface area (TPSA) is 34.1 Å². The van der Waals surface area contributed by atoms with Gasteiger partial charge in [-0.2, -0.15) is 0 Å². The number of carbonyl (C=O) groups excluding carboxylic acids is 2. The van der Waals surface area contributed by atoms with Crippen molar-refractivity contribution in [3.63, 3.8) is 0 Å². The molecule has 4 aliphatic carbocycles. The maximum Gasteiger partial charge on any atom is 2.00 e. The quantitative estimate of drug-likeness (QED) is 0.137. The molecule has 20 radical (unpaired) electrons. The number of aldehydes is 2. The predicted octanol–water partition coefficient (Wildman–Crippen LogP) is 6.10. The van der Waals surface area contributed by atoms with Gasteiger partial charge in [-0.05, 0) is 64.2 Å². The molecule has 4 rings (SSSR count). The van der Waals surface area contributed by atoms with Gasteiger partial charge in [0.1, 0.15) is 0 Å². The second kappa shape index (κ2) is 35.2. The van der Waals surface area contributed by atoms with Gasteiger partial charge >= 0.3 is 104 Å². The van der Waals surface area contributed by atoms with E-state index in [0.29, 0.717) is 11.8 Å². The van der Waals surface area contributed by atoms with Crippen LogP contribution in [0.4, 0.5) is 0 Å². The average Bonchev–Trinajstić information content (AvgIpc) is 3.69. The van der Waals surface area contributed by atoms with E-state index in [-0.39, 0.29) is 55.3 Å². The largest absolute Gasteiger partial charge is 2.00 e. The molecular formula is C30H36Fe2O2Sn+4. The number of unbranched alkanes of at least 4 members (excludes halogenated alkanes) is 2. The van der Waals surface area contributed by atoms with Gasteiger partial charge in [0.05, 0.1) is 12.6 Å². The van der Waals surface area contributed by atoms with Crippen LogP contribution in [-0.4, -0.2) is 33.7 Å². The molecule has 2 nitrogen and oxygen atoms in total. The Morgan fingerprint density at radius 2 is 0.914 bits per heavy atom. The van der Waals surface area contributed by atoms with Crippen molar-refractivity contribution < 1.29 is 43.7 Å². The molecule has 0 saturated heterocycles. The molecule has 0 atom stereocenters. The molecule has 5 heteroatoms. The van der Waals surface area contributed by atoms with Crippen LogP contribution in [0.1, 0.15) is 39.5 Å². The second-order valence-corrected chi connectivity index (χ2v) is 11.1. The molecule has 0 amide bonds. The third-order valence-corrected chi connectivity index (χ3v) is 8.06. The first kappa shape index (κ1) is 40.7. The Bertz CT molecular complexity index is 339. The summed E-state index contributed by atoms with van der Waals surface area (Å²) in [5.41, 5.74) is 0. The van der Waals surface area contributed by atoms with Crippen molar-refractivity contribution in [2.24, 2.45) is 0 Å². The van der Waals surface area contributed by atoms with Gasteiger partial charge in [-0.25, -0.2) is 12.8 Å². The first-order valence-corrected chi connectivity index (χ1v) is 15.5. The Kier molecular flexibility index (Phi) is 40.9. The van der Waals surface area contributed by atoms with Gasteiger partial charge in [0.15, 0.2) is 0 Å². The molecule has 0 bridgehead atoms. The van der Waals surface area contributed by atoms with Gasteiger partial charge in [-0.15, -0.1) is 11.8 Å². The van der Waals surface area contributed by atoms with Crippen LogP contribution >= 0.6 is 0 Å². The average molecular weight is 659 g/mol. The van der Waals surface area contributed by atoms with E-state index in [0.717, 1.165) is 12.6 Å². The van der Waals surface area contributed by atoms with Crippen molar-refractivity contribution in [3.8, 4) is 0 Å². The van der Waals surface area contributed by atoms with E-state index >= 15 is 0 Å². The maximum atomic E-state index is 9.84.